The Hall–Kier alpha value is -2.05. The molecule has 0 radical (unpaired) electrons. The lowest BCUT2D eigenvalue weighted by Crippen LogP contribution is -2.04. The van der Waals surface area contributed by atoms with Gasteiger partial charge in [-0.05, 0) is 42.5 Å². The number of Topliss-reactive ketones (excluding diaryl/α,β-unsaturated/α-hetero) is 1. The molecule has 0 saturated heterocycles. The van der Waals surface area contributed by atoms with Crippen LogP contribution >= 0.6 is 50.9 Å². The Balaban J connectivity index is 1.66. The molecule has 0 atom stereocenters. The Labute approximate surface area is 197 Å². The van der Waals surface area contributed by atoms with Crippen molar-refractivity contribution >= 4 is 56.7 Å². The van der Waals surface area contributed by atoms with Crippen LogP contribution in [0.1, 0.15) is 10.4 Å². The van der Waals surface area contributed by atoms with Gasteiger partial charge < -0.3 is 0 Å². The second-order valence-corrected chi connectivity index (χ2v) is 9.16. The number of carbonyl (C=O) groups excluding carboxylic acids is 1. The summed E-state index contributed by atoms with van der Waals surface area (Å²) in [4.78, 5) is 17.4. The van der Waals surface area contributed by atoms with Gasteiger partial charge >= 0.3 is 0 Å². The number of halogens is 3. The van der Waals surface area contributed by atoms with Crippen molar-refractivity contribution in [2.45, 2.75) is 5.16 Å². The minimum absolute atomic E-state index is 0.0428. The van der Waals surface area contributed by atoms with Crippen molar-refractivity contribution < 1.29 is 4.79 Å². The highest BCUT2D eigenvalue weighted by Gasteiger charge is 2.16. The zero-order chi connectivity index (χ0) is 21.1. The van der Waals surface area contributed by atoms with E-state index in [1.807, 2.05) is 71.4 Å². The minimum atomic E-state index is 0.0428. The molecule has 0 aliphatic heterocycles. The third-order valence-electron chi connectivity index (χ3n) is 4.41. The van der Waals surface area contributed by atoms with E-state index in [2.05, 4.69) is 15.9 Å². The highest BCUT2D eigenvalue weighted by atomic mass is 79.9. The van der Waals surface area contributed by atoms with Gasteiger partial charge in [-0.15, -0.1) is 0 Å². The second-order valence-electron chi connectivity index (χ2n) is 6.46. The fourth-order valence-electron chi connectivity index (χ4n) is 2.91. The van der Waals surface area contributed by atoms with Crippen LogP contribution in [0.4, 0.5) is 0 Å². The van der Waals surface area contributed by atoms with Crippen LogP contribution in [0, 0.1) is 0 Å². The number of aromatic nitrogens is 2. The van der Waals surface area contributed by atoms with E-state index in [9.17, 15) is 4.79 Å². The Bertz CT molecular complexity index is 1190. The van der Waals surface area contributed by atoms with E-state index in [0.717, 1.165) is 21.4 Å². The molecule has 1 heterocycles. The van der Waals surface area contributed by atoms with Crippen molar-refractivity contribution in [3.05, 3.63) is 99.1 Å². The van der Waals surface area contributed by atoms with Crippen LogP contribution in [0.2, 0.25) is 10.0 Å². The normalized spacial score (nSPS) is 10.9. The first kappa shape index (κ1) is 21.2. The maximum Gasteiger partial charge on any atom is 0.173 e. The van der Waals surface area contributed by atoms with Crippen LogP contribution in [-0.2, 0) is 0 Å². The zero-order valence-corrected chi connectivity index (χ0v) is 19.5. The minimum Gasteiger partial charge on any atom is -0.294 e. The Morgan fingerprint density at radius 3 is 2.43 bits per heavy atom. The largest absolute Gasteiger partial charge is 0.294 e. The van der Waals surface area contributed by atoms with Gasteiger partial charge in [0.25, 0.3) is 0 Å². The van der Waals surface area contributed by atoms with E-state index >= 15 is 0 Å². The molecule has 4 aromatic rings. The van der Waals surface area contributed by atoms with Crippen molar-refractivity contribution in [2.24, 2.45) is 0 Å². The second kappa shape index (κ2) is 9.40. The predicted molar refractivity (Wildman–Crippen MR) is 128 cm³/mol. The molecule has 0 unspecified atom stereocenters. The number of carbonyl (C=O) groups is 1. The monoisotopic (exact) mass is 516 g/mol. The van der Waals surface area contributed by atoms with E-state index in [4.69, 9.17) is 28.2 Å². The van der Waals surface area contributed by atoms with Crippen LogP contribution in [0.25, 0.3) is 16.9 Å². The van der Waals surface area contributed by atoms with Crippen LogP contribution < -0.4 is 0 Å². The Morgan fingerprint density at radius 2 is 1.73 bits per heavy atom. The van der Waals surface area contributed by atoms with E-state index in [1.165, 1.54) is 11.8 Å². The number of nitrogens with zero attached hydrogens (tertiary/aromatic N) is 2. The molecule has 4 rings (SSSR count). The van der Waals surface area contributed by atoms with Gasteiger partial charge in [0.1, 0.15) is 0 Å². The van der Waals surface area contributed by atoms with Crippen molar-refractivity contribution in [3.8, 4) is 16.9 Å². The molecule has 3 nitrogen and oxygen atoms in total. The summed E-state index contributed by atoms with van der Waals surface area (Å²) in [6.45, 7) is 0. The molecule has 0 aliphatic rings. The van der Waals surface area contributed by atoms with Crippen molar-refractivity contribution in [1.82, 2.24) is 9.55 Å². The van der Waals surface area contributed by atoms with Gasteiger partial charge in [0.2, 0.25) is 0 Å². The molecule has 0 N–H and O–H groups in total. The number of imidazole rings is 1. The van der Waals surface area contributed by atoms with E-state index in [-0.39, 0.29) is 11.5 Å². The summed E-state index contributed by atoms with van der Waals surface area (Å²) in [5.74, 6) is 0.320. The lowest BCUT2D eigenvalue weighted by Gasteiger charge is -2.07. The van der Waals surface area contributed by atoms with E-state index < -0.39 is 0 Å². The number of benzene rings is 3. The first-order valence-electron chi connectivity index (χ1n) is 9.03. The summed E-state index contributed by atoms with van der Waals surface area (Å²) in [5, 5.41) is 1.82. The van der Waals surface area contributed by atoms with Crippen LogP contribution in [0.15, 0.2) is 88.6 Å². The fourth-order valence-corrected chi connectivity index (χ4v) is 4.57. The molecule has 0 spiro atoms. The number of para-hydroxylation sites is 1. The molecule has 0 fully saturated rings. The molecule has 0 aliphatic carbocycles. The van der Waals surface area contributed by atoms with Gasteiger partial charge in [-0.1, -0.05) is 81.2 Å². The summed E-state index contributed by atoms with van der Waals surface area (Å²) >= 11 is 17.2. The summed E-state index contributed by atoms with van der Waals surface area (Å²) in [6, 6.07) is 22.6. The average Bonchev–Trinajstić information content (AvgIpc) is 3.17. The highest BCUT2D eigenvalue weighted by molar-refractivity contribution is 9.10. The first-order chi connectivity index (χ1) is 14.5. The standard InChI is InChI=1S/C23H15BrCl2N2OS/c24-16-8-6-15(7-9-16)22(29)14-30-23-27-21(19-11-10-17(25)12-20(19)26)13-28(23)18-4-2-1-3-5-18/h1-13H,14H2. The van der Waals surface area contributed by atoms with Crippen LogP contribution in [-0.4, -0.2) is 21.1 Å². The molecule has 3 aromatic carbocycles. The van der Waals surface area contributed by atoms with Crippen LogP contribution in [0.3, 0.4) is 0 Å². The van der Waals surface area contributed by atoms with Gasteiger partial charge in [-0.25, -0.2) is 4.98 Å². The predicted octanol–water partition coefficient (Wildman–Crippen LogP) is 7.58. The molecule has 0 bridgehead atoms. The Kier molecular flexibility index (Phi) is 6.64. The summed E-state index contributed by atoms with van der Waals surface area (Å²) in [7, 11) is 0. The van der Waals surface area contributed by atoms with Gasteiger partial charge in [0, 0.05) is 32.5 Å². The molecular formula is C23H15BrCl2N2OS. The first-order valence-corrected chi connectivity index (χ1v) is 11.6. The molecule has 30 heavy (non-hydrogen) atoms. The third kappa shape index (κ3) is 4.81. The molecule has 1 aromatic heterocycles. The number of ketones is 1. The quantitative estimate of drug-likeness (QED) is 0.195. The molecule has 0 saturated carbocycles. The fraction of sp³-hybridized carbons (Fsp3) is 0.0435. The van der Waals surface area contributed by atoms with Gasteiger partial charge in [-0.3, -0.25) is 9.36 Å². The van der Waals surface area contributed by atoms with Crippen molar-refractivity contribution in [2.75, 3.05) is 5.75 Å². The lowest BCUT2D eigenvalue weighted by atomic mass is 10.2. The Morgan fingerprint density at radius 1 is 1.00 bits per heavy atom. The molecule has 150 valence electrons. The number of hydrogen-bond donors (Lipinski definition) is 0. The van der Waals surface area contributed by atoms with E-state index in [1.54, 1.807) is 12.1 Å². The summed E-state index contributed by atoms with van der Waals surface area (Å²) in [6.07, 6.45) is 1.93. The van der Waals surface area contributed by atoms with Gasteiger partial charge in [0.05, 0.1) is 16.5 Å². The maximum atomic E-state index is 12.6. The molecular weight excluding hydrogens is 503 g/mol. The average molecular weight is 518 g/mol. The smallest absolute Gasteiger partial charge is 0.173 e. The number of thioether (sulfide) groups is 1. The molecule has 7 heteroatoms. The zero-order valence-electron chi connectivity index (χ0n) is 15.6. The van der Waals surface area contributed by atoms with Gasteiger partial charge in [-0.2, -0.15) is 0 Å². The van der Waals surface area contributed by atoms with Crippen LogP contribution in [0.5, 0.6) is 0 Å². The number of rotatable bonds is 6. The maximum absolute atomic E-state index is 12.6. The lowest BCUT2D eigenvalue weighted by molar-refractivity contribution is 0.102. The summed E-state index contributed by atoms with van der Waals surface area (Å²) in [5.41, 5.74) is 3.14. The van der Waals surface area contributed by atoms with Gasteiger partial charge in [0.15, 0.2) is 10.9 Å². The van der Waals surface area contributed by atoms with E-state index in [0.29, 0.717) is 20.8 Å². The molecule has 0 amide bonds. The topological polar surface area (TPSA) is 34.9 Å². The highest BCUT2D eigenvalue weighted by Crippen LogP contribution is 2.33. The third-order valence-corrected chi connectivity index (χ3v) is 6.44. The SMILES string of the molecule is O=C(CSc1nc(-c2ccc(Cl)cc2Cl)cn1-c1ccccc1)c1ccc(Br)cc1. The van der Waals surface area contributed by atoms with Crippen molar-refractivity contribution in [1.29, 1.82) is 0 Å². The number of hydrogen-bond acceptors (Lipinski definition) is 3. The van der Waals surface area contributed by atoms with Crippen molar-refractivity contribution in [3.63, 3.8) is 0 Å². The summed E-state index contributed by atoms with van der Waals surface area (Å²) < 4.78 is 2.91.